The van der Waals surface area contributed by atoms with E-state index in [9.17, 15) is 0 Å². The van der Waals surface area contributed by atoms with Crippen LogP contribution in [0.5, 0.6) is 11.5 Å². The third-order valence-electron chi connectivity index (χ3n) is 12.5. The van der Waals surface area contributed by atoms with E-state index < -0.39 is 5.41 Å². The molecule has 0 saturated carbocycles. The van der Waals surface area contributed by atoms with Gasteiger partial charge < -0.3 is 9.64 Å². The quantitative estimate of drug-likeness (QED) is 0.180. The van der Waals surface area contributed by atoms with Crippen molar-refractivity contribution in [1.82, 2.24) is 0 Å². The van der Waals surface area contributed by atoms with E-state index in [1.807, 2.05) is 11.3 Å². The lowest BCUT2D eigenvalue weighted by molar-refractivity contribution is 0.436. The molecule has 12 rings (SSSR count). The third-order valence-corrected chi connectivity index (χ3v) is 13.7. The van der Waals surface area contributed by atoms with Gasteiger partial charge in [0.15, 0.2) is 0 Å². The predicted octanol–water partition coefficient (Wildman–Crippen LogP) is 14.3. The molecule has 9 aromatic rings. The van der Waals surface area contributed by atoms with Gasteiger partial charge >= 0.3 is 0 Å². The highest BCUT2D eigenvalue weighted by molar-refractivity contribution is 7.25. The highest BCUT2D eigenvalue weighted by atomic mass is 32.1. The Kier molecular flexibility index (Phi) is 6.23. The number of thiophene rings is 1. The maximum absolute atomic E-state index is 6.66. The first-order valence-corrected chi connectivity index (χ1v) is 19.9. The van der Waals surface area contributed by atoms with E-state index in [0.29, 0.717) is 0 Å². The molecule has 0 N–H and O–H groups in total. The molecule has 1 aromatic heterocycles. The van der Waals surface area contributed by atoms with Crippen molar-refractivity contribution in [2.45, 2.75) is 24.7 Å². The fourth-order valence-electron chi connectivity index (χ4n) is 10.1. The molecular formula is C52H35NOS. The number of fused-ring (bicyclic) bond motifs is 15. The standard InChI is InChI=1S/C52H35NOS/c1-51(2)41-16-6-3-13-35(41)37-26-23-32(29-45(37)51)53(34-25-28-40-39-15-5-12-22-49(39)55-50(40)31-34)33-24-27-38-36-14-4-7-17-42(36)52(46(38)30-33)43-18-8-10-20-47(43)54-48-21-11-9-19-44(48)52/h3-31H,1-2H3. The lowest BCUT2D eigenvalue weighted by Gasteiger charge is -2.39. The molecule has 0 fully saturated rings. The maximum Gasteiger partial charge on any atom is 0.132 e. The minimum Gasteiger partial charge on any atom is -0.457 e. The van der Waals surface area contributed by atoms with Gasteiger partial charge in [0, 0.05) is 53.8 Å². The summed E-state index contributed by atoms with van der Waals surface area (Å²) >= 11 is 1.87. The fourth-order valence-corrected chi connectivity index (χ4v) is 11.3. The third kappa shape index (κ3) is 4.08. The van der Waals surface area contributed by atoms with E-state index >= 15 is 0 Å². The highest BCUT2D eigenvalue weighted by Crippen LogP contribution is 2.63. The van der Waals surface area contributed by atoms with E-state index in [-0.39, 0.29) is 5.41 Å². The van der Waals surface area contributed by atoms with Crippen molar-refractivity contribution in [3.8, 4) is 33.8 Å². The number of nitrogens with zero attached hydrogens (tertiary/aromatic N) is 1. The summed E-state index contributed by atoms with van der Waals surface area (Å²) < 4.78 is 9.26. The second kappa shape index (κ2) is 11.1. The van der Waals surface area contributed by atoms with Crippen molar-refractivity contribution in [2.75, 3.05) is 4.90 Å². The smallest absolute Gasteiger partial charge is 0.132 e. The van der Waals surface area contributed by atoms with Crippen LogP contribution in [-0.2, 0) is 10.8 Å². The average Bonchev–Trinajstić information content (AvgIpc) is 3.82. The van der Waals surface area contributed by atoms with Crippen LogP contribution in [0.25, 0.3) is 42.4 Å². The maximum atomic E-state index is 6.66. The number of benzene rings is 8. The summed E-state index contributed by atoms with van der Waals surface area (Å²) in [5.74, 6) is 1.81. The van der Waals surface area contributed by atoms with Crippen molar-refractivity contribution < 1.29 is 4.74 Å². The fraction of sp³-hybridized carbons (Fsp3) is 0.0769. The topological polar surface area (TPSA) is 12.5 Å². The van der Waals surface area contributed by atoms with E-state index in [1.54, 1.807) is 0 Å². The van der Waals surface area contributed by atoms with Crippen molar-refractivity contribution in [2.24, 2.45) is 0 Å². The minimum atomic E-state index is -0.546. The van der Waals surface area contributed by atoms with Gasteiger partial charge in [0.1, 0.15) is 11.5 Å². The summed E-state index contributed by atoms with van der Waals surface area (Å²) in [6.45, 7) is 4.73. The van der Waals surface area contributed by atoms with E-state index in [2.05, 4.69) is 195 Å². The zero-order chi connectivity index (χ0) is 36.5. The Hall–Kier alpha value is -6.42. The molecule has 0 atom stereocenters. The molecule has 1 aliphatic heterocycles. The van der Waals surface area contributed by atoms with Crippen LogP contribution in [0.4, 0.5) is 17.1 Å². The summed E-state index contributed by atoms with van der Waals surface area (Å²) in [4.78, 5) is 2.48. The van der Waals surface area contributed by atoms with E-state index in [4.69, 9.17) is 4.74 Å². The molecule has 55 heavy (non-hydrogen) atoms. The van der Waals surface area contributed by atoms with Crippen molar-refractivity contribution in [3.05, 3.63) is 209 Å². The van der Waals surface area contributed by atoms with Gasteiger partial charge in [-0.15, -0.1) is 11.3 Å². The lowest BCUT2D eigenvalue weighted by atomic mass is 9.66. The van der Waals surface area contributed by atoms with Crippen LogP contribution in [-0.4, -0.2) is 0 Å². The molecule has 0 bridgehead atoms. The van der Waals surface area contributed by atoms with Crippen LogP contribution in [0.2, 0.25) is 0 Å². The number of anilines is 3. The normalized spacial score (nSPS) is 14.8. The Bertz CT molecular complexity index is 3030. The zero-order valence-electron chi connectivity index (χ0n) is 30.5. The Balaban J connectivity index is 1.13. The first kappa shape index (κ1) is 31.0. The summed E-state index contributed by atoms with van der Waals surface area (Å²) in [6.07, 6.45) is 0. The predicted molar refractivity (Wildman–Crippen MR) is 229 cm³/mol. The number of rotatable bonds is 3. The van der Waals surface area contributed by atoms with Gasteiger partial charge in [0.2, 0.25) is 0 Å². The highest BCUT2D eigenvalue weighted by Gasteiger charge is 2.51. The van der Waals surface area contributed by atoms with Crippen molar-refractivity contribution >= 4 is 48.6 Å². The van der Waals surface area contributed by atoms with Gasteiger partial charge in [0.05, 0.1) is 5.41 Å². The van der Waals surface area contributed by atoms with Gasteiger partial charge in [-0.3, -0.25) is 0 Å². The molecule has 8 aromatic carbocycles. The van der Waals surface area contributed by atoms with Crippen LogP contribution >= 0.6 is 11.3 Å². The summed E-state index contributed by atoms with van der Waals surface area (Å²) in [5.41, 5.74) is 15.6. The number of hydrogen-bond donors (Lipinski definition) is 0. The van der Waals surface area contributed by atoms with Crippen LogP contribution in [0.3, 0.4) is 0 Å². The Morgan fingerprint density at radius 3 is 1.62 bits per heavy atom. The SMILES string of the molecule is CC1(C)c2ccccc2-c2ccc(N(c3ccc4c(c3)C3(c5ccccc5Oc5ccccc53)c3ccccc3-4)c3ccc4c(c3)sc3ccccc34)cc21. The van der Waals surface area contributed by atoms with Gasteiger partial charge in [-0.1, -0.05) is 135 Å². The Morgan fingerprint density at radius 2 is 0.891 bits per heavy atom. The monoisotopic (exact) mass is 721 g/mol. The van der Waals surface area contributed by atoms with Crippen LogP contribution in [0.1, 0.15) is 47.2 Å². The summed E-state index contributed by atoms with van der Waals surface area (Å²) in [5, 5.41) is 2.61. The molecule has 1 spiro atoms. The number of hydrogen-bond acceptors (Lipinski definition) is 3. The molecule has 0 saturated heterocycles. The zero-order valence-corrected chi connectivity index (χ0v) is 31.3. The second-order valence-electron chi connectivity index (χ2n) is 15.6. The van der Waals surface area contributed by atoms with Gasteiger partial charge in [-0.25, -0.2) is 0 Å². The van der Waals surface area contributed by atoms with Crippen LogP contribution < -0.4 is 9.64 Å². The first-order valence-electron chi connectivity index (χ1n) is 19.1. The molecule has 0 unspecified atom stereocenters. The summed E-state index contributed by atoms with van der Waals surface area (Å²) in [7, 11) is 0. The molecule has 3 heteroatoms. The first-order chi connectivity index (χ1) is 27.0. The Morgan fingerprint density at radius 1 is 0.400 bits per heavy atom. The van der Waals surface area contributed by atoms with Gasteiger partial charge in [-0.2, -0.15) is 0 Å². The average molecular weight is 722 g/mol. The summed E-state index contributed by atoms with van der Waals surface area (Å²) in [6, 6.07) is 65.1. The largest absolute Gasteiger partial charge is 0.457 e. The lowest BCUT2D eigenvalue weighted by Crippen LogP contribution is -2.32. The molecule has 2 aliphatic carbocycles. The molecule has 2 nitrogen and oxygen atoms in total. The van der Waals surface area contributed by atoms with Crippen molar-refractivity contribution in [3.63, 3.8) is 0 Å². The molecule has 0 amide bonds. The molecule has 2 heterocycles. The van der Waals surface area contributed by atoms with E-state index in [0.717, 1.165) is 28.6 Å². The molecule has 3 aliphatic rings. The van der Waals surface area contributed by atoms with Gasteiger partial charge in [0.25, 0.3) is 0 Å². The van der Waals surface area contributed by atoms with Crippen molar-refractivity contribution in [1.29, 1.82) is 0 Å². The molecule has 0 radical (unpaired) electrons. The van der Waals surface area contributed by atoms with E-state index in [1.165, 1.54) is 75.8 Å². The molecular weight excluding hydrogens is 687 g/mol. The Labute approximate surface area is 324 Å². The van der Waals surface area contributed by atoms with Crippen LogP contribution in [0.15, 0.2) is 176 Å². The van der Waals surface area contributed by atoms with Crippen LogP contribution in [0, 0.1) is 0 Å². The number of ether oxygens (including phenoxy) is 1. The molecule has 260 valence electrons. The van der Waals surface area contributed by atoms with Gasteiger partial charge in [-0.05, 0) is 99.1 Å². The minimum absolute atomic E-state index is 0.123. The number of para-hydroxylation sites is 2. The second-order valence-corrected chi connectivity index (χ2v) is 16.7.